The maximum absolute atomic E-state index is 4.37. The molecule has 0 spiro atoms. The number of nitrogens with zero attached hydrogens (tertiary/aromatic N) is 2. The van der Waals surface area contributed by atoms with E-state index in [4.69, 9.17) is 0 Å². The molecule has 0 bridgehead atoms. The lowest BCUT2D eigenvalue weighted by Crippen LogP contribution is -2.15. The number of hydrogen-bond acceptors (Lipinski definition) is 2. The molecule has 2 heteroatoms. The molecule has 0 aliphatic carbocycles. The number of hydrogen-bond donors (Lipinski definition) is 0. The van der Waals surface area contributed by atoms with Crippen LogP contribution in [-0.4, -0.2) is 24.3 Å². The fourth-order valence-electron chi connectivity index (χ4n) is 1.19. The van der Waals surface area contributed by atoms with Crippen molar-refractivity contribution in [1.29, 1.82) is 0 Å². The van der Waals surface area contributed by atoms with Gasteiger partial charge in [-0.05, 0) is 26.3 Å². The van der Waals surface area contributed by atoms with E-state index in [1.54, 1.807) is 0 Å². The Morgan fingerprint density at radius 3 is 2.21 bits per heavy atom. The van der Waals surface area contributed by atoms with Crippen LogP contribution in [0.5, 0.6) is 0 Å². The van der Waals surface area contributed by atoms with Crippen molar-refractivity contribution in [3.8, 4) is 0 Å². The van der Waals surface area contributed by atoms with Gasteiger partial charge in [-0.3, -0.25) is 5.01 Å². The minimum absolute atomic E-state index is 0.957. The third-order valence-corrected chi connectivity index (χ3v) is 2.18. The summed E-state index contributed by atoms with van der Waals surface area (Å²) in [7, 11) is 0. The summed E-state index contributed by atoms with van der Waals surface area (Å²) >= 11 is 0. The van der Waals surface area contributed by atoms with Gasteiger partial charge in [0.05, 0.1) is 6.21 Å². The molecule has 0 saturated carbocycles. The monoisotopic (exact) mass is 190 g/mol. The molecule has 0 saturated heterocycles. The minimum Gasteiger partial charge on any atom is -0.298 e. The van der Waals surface area contributed by atoms with Crippen molar-refractivity contribution >= 4 is 6.21 Å². The molecule has 0 aromatic heterocycles. The Morgan fingerprint density at radius 2 is 1.71 bits per heavy atom. The normalized spacial score (nSPS) is 10.8. The van der Waals surface area contributed by atoms with Gasteiger partial charge in [-0.2, -0.15) is 5.10 Å². The molecule has 0 N–H and O–H groups in total. The van der Waals surface area contributed by atoms with Gasteiger partial charge in [-0.15, -0.1) is 0 Å². The van der Waals surface area contributed by atoms with Crippen LogP contribution in [0, 0.1) is 6.92 Å². The second kappa shape index (κ2) is 5.43. The molecule has 0 aliphatic heterocycles. The largest absolute Gasteiger partial charge is 0.298 e. The molecule has 0 heterocycles. The zero-order valence-electron chi connectivity index (χ0n) is 9.20. The van der Waals surface area contributed by atoms with Crippen molar-refractivity contribution in [2.24, 2.45) is 5.10 Å². The average molecular weight is 190 g/mol. The Morgan fingerprint density at radius 1 is 1.14 bits per heavy atom. The SMILES string of the molecule is CCN(CC)/N=C/c1ccc(C)cc1. The molecular formula is C12H18N2. The Balaban J connectivity index is 2.63. The van der Waals surface area contributed by atoms with Crippen molar-refractivity contribution in [2.45, 2.75) is 20.8 Å². The van der Waals surface area contributed by atoms with Crippen molar-refractivity contribution in [3.63, 3.8) is 0 Å². The third-order valence-electron chi connectivity index (χ3n) is 2.18. The molecular weight excluding hydrogens is 172 g/mol. The summed E-state index contributed by atoms with van der Waals surface area (Å²) in [4.78, 5) is 0. The molecule has 0 unspecified atom stereocenters. The first-order valence-electron chi connectivity index (χ1n) is 5.11. The van der Waals surface area contributed by atoms with E-state index in [9.17, 15) is 0 Å². The van der Waals surface area contributed by atoms with Gasteiger partial charge in [-0.1, -0.05) is 29.8 Å². The van der Waals surface area contributed by atoms with E-state index in [2.05, 4.69) is 50.1 Å². The number of benzene rings is 1. The average Bonchev–Trinajstić information content (AvgIpc) is 2.22. The van der Waals surface area contributed by atoms with Crippen molar-refractivity contribution in [2.75, 3.05) is 13.1 Å². The first kappa shape index (κ1) is 10.8. The molecule has 1 aromatic carbocycles. The van der Waals surface area contributed by atoms with Crippen LogP contribution in [-0.2, 0) is 0 Å². The second-order valence-corrected chi connectivity index (χ2v) is 3.29. The van der Waals surface area contributed by atoms with Crippen LogP contribution in [0.15, 0.2) is 29.4 Å². The zero-order valence-corrected chi connectivity index (χ0v) is 9.20. The quantitative estimate of drug-likeness (QED) is 0.526. The highest BCUT2D eigenvalue weighted by molar-refractivity contribution is 5.79. The zero-order chi connectivity index (χ0) is 10.4. The van der Waals surface area contributed by atoms with Crippen molar-refractivity contribution in [3.05, 3.63) is 35.4 Å². The summed E-state index contributed by atoms with van der Waals surface area (Å²) in [6.07, 6.45) is 1.91. The first-order chi connectivity index (χ1) is 6.76. The van der Waals surface area contributed by atoms with Gasteiger partial charge >= 0.3 is 0 Å². The van der Waals surface area contributed by atoms with Crippen LogP contribution in [0.25, 0.3) is 0 Å². The summed E-state index contributed by atoms with van der Waals surface area (Å²) in [6.45, 7) is 8.22. The number of aryl methyl sites for hydroxylation is 1. The molecule has 76 valence electrons. The van der Waals surface area contributed by atoms with Gasteiger partial charge in [0.25, 0.3) is 0 Å². The molecule has 1 aromatic rings. The van der Waals surface area contributed by atoms with Crippen LogP contribution in [0.2, 0.25) is 0 Å². The van der Waals surface area contributed by atoms with Crippen molar-refractivity contribution in [1.82, 2.24) is 5.01 Å². The maximum atomic E-state index is 4.37. The molecule has 0 fully saturated rings. The van der Waals surface area contributed by atoms with E-state index >= 15 is 0 Å². The highest BCUT2D eigenvalue weighted by Crippen LogP contribution is 2.00. The maximum Gasteiger partial charge on any atom is 0.0542 e. The summed E-state index contributed by atoms with van der Waals surface area (Å²) in [5.74, 6) is 0. The fraction of sp³-hybridized carbons (Fsp3) is 0.417. The summed E-state index contributed by atoms with van der Waals surface area (Å²) in [6, 6.07) is 8.37. The predicted molar refractivity (Wildman–Crippen MR) is 61.7 cm³/mol. The molecule has 0 amide bonds. The summed E-state index contributed by atoms with van der Waals surface area (Å²) in [5, 5.41) is 6.40. The van der Waals surface area contributed by atoms with E-state index in [1.807, 2.05) is 11.2 Å². The van der Waals surface area contributed by atoms with Crippen LogP contribution in [0.1, 0.15) is 25.0 Å². The number of hydrazone groups is 1. The molecule has 0 aliphatic rings. The lowest BCUT2D eigenvalue weighted by molar-refractivity contribution is 0.323. The van der Waals surface area contributed by atoms with Crippen LogP contribution >= 0.6 is 0 Å². The molecule has 14 heavy (non-hydrogen) atoms. The van der Waals surface area contributed by atoms with Gasteiger partial charge in [-0.25, -0.2) is 0 Å². The Kier molecular flexibility index (Phi) is 4.17. The highest BCUT2D eigenvalue weighted by Gasteiger charge is 1.91. The highest BCUT2D eigenvalue weighted by atomic mass is 15.4. The standard InChI is InChI=1S/C12H18N2/c1-4-14(5-2)13-10-12-8-6-11(3)7-9-12/h6-10H,4-5H2,1-3H3/b13-10+. The topological polar surface area (TPSA) is 15.6 Å². The minimum atomic E-state index is 0.957. The second-order valence-electron chi connectivity index (χ2n) is 3.29. The van der Waals surface area contributed by atoms with Crippen LogP contribution < -0.4 is 0 Å². The van der Waals surface area contributed by atoms with E-state index in [0.717, 1.165) is 18.7 Å². The predicted octanol–water partition coefficient (Wildman–Crippen LogP) is 2.67. The first-order valence-corrected chi connectivity index (χ1v) is 5.11. The van der Waals surface area contributed by atoms with Gasteiger partial charge in [0.2, 0.25) is 0 Å². The van der Waals surface area contributed by atoms with E-state index in [1.165, 1.54) is 5.56 Å². The van der Waals surface area contributed by atoms with Gasteiger partial charge in [0.1, 0.15) is 0 Å². The summed E-state index contributed by atoms with van der Waals surface area (Å²) in [5.41, 5.74) is 2.44. The smallest absolute Gasteiger partial charge is 0.0542 e. The van der Waals surface area contributed by atoms with E-state index in [-0.39, 0.29) is 0 Å². The molecule has 1 rings (SSSR count). The van der Waals surface area contributed by atoms with Gasteiger partial charge in [0, 0.05) is 13.1 Å². The number of rotatable bonds is 4. The molecule has 0 radical (unpaired) electrons. The lowest BCUT2D eigenvalue weighted by atomic mass is 10.2. The summed E-state index contributed by atoms with van der Waals surface area (Å²) < 4.78 is 0. The van der Waals surface area contributed by atoms with E-state index < -0.39 is 0 Å². The van der Waals surface area contributed by atoms with Crippen LogP contribution in [0.3, 0.4) is 0 Å². The Hall–Kier alpha value is -1.31. The Bertz CT molecular complexity index is 284. The van der Waals surface area contributed by atoms with Gasteiger partial charge < -0.3 is 0 Å². The lowest BCUT2D eigenvalue weighted by Gasteiger charge is -2.12. The third kappa shape index (κ3) is 3.21. The molecule has 0 atom stereocenters. The molecule has 2 nitrogen and oxygen atoms in total. The fourth-order valence-corrected chi connectivity index (χ4v) is 1.19. The van der Waals surface area contributed by atoms with E-state index in [0.29, 0.717) is 0 Å². The Labute approximate surface area is 86.2 Å². The van der Waals surface area contributed by atoms with Crippen LogP contribution in [0.4, 0.5) is 0 Å². The van der Waals surface area contributed by atoms with Gasteiger partial charge in [0.15, 0.2) is 0 Å². The van der Waals surface area contributed by atoms with Crippen molar-refractivity contribution < 1.29 is 0 Å².